The van der Waals surface area contributed by atoms with E-state index in [1.807, 2.05) is 54.6 Å². The SMILES string of the molecule is COc1ccc(CNC(=O)CC[C@H](OCc2ccccc2)C(=O)CCCCO[Si](C)(C)C(C)(C)C)cc1. The number of Topliss-reactive ketones (excluding diaryl/α,β-unsaturated/α-hetero) is 1. The van der Waals surface area contributed by atoms with Crippen LogP contribution in [0.1, 0.15) is 64.0 Å². The number of ketones is 1. The molecule has 2 rings (SSSR count). The van der Waals surface area contributed by atoms with Gasteiger partial charge in [-0.2, -0.15) is 0 Å². The first-order valence-corrected chi connectivity index (χ1v) is 16.1. The molecule has 6 nitrogen and oxygen atoms in total. The zero-order chi connectivity index (χ0) is 27.3. The minimum atomic E-state index is -1.78. The standard InChI is InChI=1S/C30H45NO5Si/c1-30(2,3)37(5,6)36-21-11-10-14-27(32)28(35-23-25-12-8-7-9-13-25)19-20-29(33)31-22-24-15-17-26(34-4)18-16-24/h7-9,12-13,15-18,28H,10-11,14,19-23H2,1-6H3,(H,31,33)/t28-/m0/s1. The van der Waals surface area contributed by atoms with Gasteiger partial charge in [-0.1, -0.05) is 63.2 Å². The van der Waals surface area contributed by atoms with Crippen molar-refractivity contribution in [2.75, 3.05) is 13.7 Å². The van der Waals surface area contributed by atoms with Crippen molar-refractivity contribution in [2.45, 2.75) is 90.3 Å². The van der Waals surface area contributed by atoms with Crippen LogP contribution in [0.4, 0.5) is 0 Å². The summed E-state index contributed by atoms with van der Waals surface area (Å²) < 4.78 is 17.4. The first-order valence-electron chi connectivity index (χ1n) is 13.2. The summed E-state index contributed by atoms with van der Waals surface area (Å²) in [6.07, 6.45) is 2.01. The van der Waals surface area contributed by atoms with Gasteiger partial charge in [-0.3, -0.25) is 9.59 Å². The van der Waals surface area contributed by atoms with Gasteiger partial charge in [0.15, 0.2) is 14.1 Å². The molecule has 0 unspecified atom stereocenters. The van der Waals surface area contributed by atoms with Crippen molar-refractivity contribution in [3.8, 4) is 5.75 Å². The lowest BCUT2D eigenvalue weighted by Crippen LogP contribution is -2.41. The maximum Gasteiger partial charge on any atom is 0.220 e. The Balaban J connectivity index is 1.83. The van der Waals surface area contributed by atoms with Crippen molar-refractivity contribution in [2.24, 2.45) is 0 Å². The number of ether oxygens (including phenoxy) is 2. The summed E-state index contributed by atoms with van der Waals surface area (Å²) in [6.45, 7) is 12.6. The Morgan fingerprint density at radius 2 is 1.59 bits per heavy atom. The highest BCUT2D eigenvalue weighted by Crippen LogP contribution is 2.36. The molecule has 2 aromatic carbocycles. The van der Waals surface area contributed by atoms with Gasteiger partial charge in [0.25, 0.3) is 0 Å². The van der Waals surface area contributed by atoms with E-state index in [0.717, 1.165) is 29.7 Å². The number of benzene rings is 2. The Bertz CT molecular complexity index is 954. The molecule has 0 bridgehead atoms. The molecule has 7 heteroatoms. The molecular formula is C30H45NO5Si. The van der Waals surface area contributed by atoms with E-state index in [9.17, 15) is 9.59 Å². The largest absolute Gasteiger partial charge is 0.497 e. The number of carbonyl (C=O) groups is 2. The van der Waals surface area contributed by atoms with E-state index < -0.39 is 14.4 Å². The van der Waals surface area contributed by atoms with Gasteiger partial charge in [-0.25, -0.2) is 0 Å². The number of hydrogen-bond donors (Lipinski definition) is 1. The fraction of sp³-hybridized carbons (Fsp3) is 0.533. The summed E-state index contributed by atoms with van der Waals surface area (Å²) in [5.74, 6) is 0.726. The number of nitrogens with one attached hydrogen (secondary N) is 1. The maximum absolute atomic E-state index is 13.0. The third-order valence-electron chi connectivity index (χ3n) is 7.02. The summed E-state index contributed by atoms with van der Waals surface area (Å²) in [6, 6.07) is 17.4. The Hall–Kier alpha value is -2.48. The minimum Gasteiger partial charge on any atom is -0.497 e. The summed E-state index contributed by atoms with van der Waals surface area (Å²) in [5.41, 5.74) is 1.99. The second-order valence-corrected chi connectivity index (χ2v) is 15.8. The van der Waals surface area contributed by atoms with Crippen molar-refractivity contribution in [1.29, 1.82) is 0 Å². The Kier molecular flexibility index (Phi) is 12.5. The molecule has 0 heterocycles. The fourth-order valence-electron chi connectivity index (χ4n) is 3.51. The Morgan fingerprint density at radius 3 is 2.22 bits per heavy atom. The van der Waals surface area contributed by atoms with Gasteiger partial charge in [0.05, 0.1) is 13.7 Å². The van der Waals surface area contributed by atoms with Gasteiger partial charge in [0.1, 0.15) is 11.9 Å². The third-order valence-corrected chi connectivity index (χ3v) is 11.6. The molecule has 0 radical (unpaired) electrons. The van der Waals surface area contributed by atoms with E-state index >= 15 is 0 Å². The van der Waals surface area contributed by atoms with E-state index in [2.05, 4.69) is 39.2 Å². The van der Waals surface area contributed by atoms with Crippen LogP contribution in [-0.4, -0.2) is 39.8 Å². The molecule has 0 fully saturated rings. The highest BCUT2D eigenvalue weighted by atomic mass is 28.4. The van der Waals surface area contributed by atoms with Gasteiger partial charge in [-0.05, 0) is 60.7 Å². The quantitative estimate of drug-likeness (QED) is 0.201. The van der Waals surface area contributed by atoms with E-state index in [4.69, 9.17) is 13.9 Å². The lowest BCUT2D eigenvalue weighted by molar-refractivity contribution is -0.133. The Labute approximate surface area is 224 Å². The monoisotopic (exact) mass is 527 g/mol. The topological polar surface area (TPSA) is 73.9 Å². The van der Waals surface area contributed by atoms with Crippen LogP contribution in [0.2, 0.25) is 18.1 Å². The van der Waals surface area contributed by atoms with E-state index in [0.29, 0.717) is 32.6 Å². The summed E-state index contributed by atoms with van der Waals surface area (Å²) >= 11 is 0. The molecule has 0 aromatic heterocycles. The third kappa shape index (κ3) is 11.2. The van der Waals surface area contributed by atoms with Crippen LogP contribution in [0.3, 0.4) is 0 Å². The van der Waals surface area contributed by atoms with Crippen LogP contribution in [0.25, 0.3) is 0 Å². The Morgan fingerprint density at radius 1 is 0.919 bits per heavy atom. The summed E-state index contributed by atoms with van der Waals surface area (Å²) in [7, 11) is -0.155. The zero-order valence-electron chi connectivity index (χ0n) is 23.5. The zero-order valence-corrected chi connectivity index (χ0v) is 24.5. The van der Waals surface area contributed by atoms with Gasteiger partial charge >= 0.3 is 0 Å². The first-order chi connectivity index (χ1) is 17.5. The van der Waals surface area contributed by atoms with Gasteiger partial charge in [-0.15, -0.1) is 0 Å². The molecule has 0 saturated heterocycles. The van der Waals surface area contributed by atoms with Crippen molar-refractivity contribution < 1.29 is 23.5 Å². The average molecular weight is 528 g/mol. The van der Waals surface area contributed by atoms with Crippen molar-refractivity contribution >= 4 is 20.0 Å². The van der Waals surface area contributed by atoms with Crippen molar-refractivity contribution in [3.05, 3.63) is 65.7 Å². The summed E-state index contributed by atoms with van der Waals surface area (Å²) in [4.78, 5) is 25.5. The minimum absolute atomic E-state index is 0.0474. The number of methoxy groups -OCH3 is 1. The van der Waals surface area contributed by atoms with Gasteiger partial charge in [0.2, 0.25) is 5.91 Å². The number of hydrogen-bond acceptors (Lipinski definition) is 5. The molecule has 1 N–H and O–H groups in total. The second kappa shape index (κ2) is 15.1. The average Bonchev–Trinajstić information content (AvgIpc) is 2.87. The van der Waals surface area contributed by atoms with E-state index in [1.54, 1.807) is 7.11 Å². The van der Waals surface area contributed by atoms with Crippen LogP contribution in [0, 0.1) is 0 Å². The maximum atomic E-state index is 13.0. The molecule has 1 amide bonds. The molecule has 0 aliphatic heterocycles. The van der Waals surface area contributed by atoms with Crippen LogP contribution in [0.5, 0.6) is 5.75 Å². The molecule has 0 saturated carbocycles. The van der Waals surface area contributed by atoms with Gasteiger partial charge < -0.3 is 19.2 Å². The van der Waals surface area contributed by atoms with Crippen LogP contribution >= 0.6 is 0 Å². The van der Waals surface area contributed by atoms with Crippen molar-refractivity contribution in [1.82, 2.24) is 5.32 Å². The highest BCUT2D eigenvalue weighted by molar-refractivity contribution is 6.74. The highest BCUT2D eigenvalue weighted by Gasteiger charge is 2.36. The lowest BCUT2D eigenvalue weighted by atomic mass is 10.0. The van der Waals surface area contributed by atoms with E-state index in [1.165, 1.54) is 0 Å². The first kappa shape index (κ1) is 30.7. The second-order valence-electron chi connectivity index (χ2n) is 11.0. The smallest absolute Gasteiger partial charge is 0.220 e. The lowest BCUT2D eigenvalue weighted by Gasteiger charge is -2.36. The molecule has 0 aliphatic carbocycles. The van der Waals surface area contributed by atoms with Crippen LogP contribution < -0.4 is 10.1 Å². The van der Waals surface area contributed by atoms with Crippen LogP contribution in [-0.2, 0) is 31.9 Å². The molecule has 2 aromatic rings. The molecule has 37 heavy (non-hydrogen) atoms. The van der Waals surface area contributed by atoms with E-state index in [-0.39, 0.29) is 23.1 Å². The van der Waals surface area contributed by atoms with Gasteiger partial charge in [0, 0.05) is 26.0 Å². The van der Waals surface area contributed by atoms with Crippen LogP contribution in [0.15, 0.2) is 54.6 Å². The van der Waals surface area contributed by atoms with Crippen molar-refractivity contribution in [3.63, 3.8) is 0 Å². The fourth-order valence-corrected chi connectivity index (χ4v) is 4.60. The number of unbranched alkanes of at least 4 members (excludes halogenated alkanes) is 1. The molecule has 204 valence electrons. The number of amides is 1. The number of rotatable bonds is 16. The number of carbonyl (C=O) groups excluding carboxylic acids is 2. The molecule has 1 atom stereocenters. The predicted octanol–water partition coefficient (Wildman–Crippen LogP) is 6.44. The molecular weight excluding hydrogens is 482 g/mol. The molecule has 0 spiro atoms. The molecule has 0 aliphatic rings. The normalized spacial score (nSPS) is 12.7. The summed E-state index contributed by atoms with van der Waals surface area (Å²) in [5, 5.41) is 3.11. The predicted molar refractivity (Wildman–Crippen MR) is 151 cm³/mol.